The Kier molecular flexibility index (Phi) is 4.07. The lowest BCUT2D eigenvalue weighted by Crippen LogP contribution is -2.45. The first kappa shape index (κ1) is 11.3. The second-order valence-corrected chi connectivity index (χ2v) is 9.40. The van der Waals surface area contributed by atoms with Crippen LogP contribution in [0.25, 0.3) is 0 Å². The van der Waals surface area contributed by atoms with Crippen molar-refractivity contribution in [2.24, 2.45) is 0 Å². The minimum absolute atomic E-state index is 0.129. The van der Waals surface area contributed by atoms with Crippen molar-refractivity contribution in [3.63, 3.8) is 0 Å². The third-order valence-electron chi connectivity index (χ3n) is 2.48. The predicted molar refractivity (Wildman–Crippen MR) is 61.9 cm³/mol. The Morgan fingerprint density at radius 1 is 1.38 bits per heavy atom. The topological polar surface area (TPSA) is 32.3 Å². The van der Waals surface area contributed by atoms with Gasteiger partial charge in [0.05, 0.1) is 6.10 Å². The fourth-order valence-corrected chi connectivity index (χ4v) is 3.09. The Morgan fingerprint density at radius 2 is 2.08 bits per heavy atom. The van der Waals surface area contributed by atoms with E-state index < -0.39 is 10.0 Å². The predicted octanol–water partition coefficient (Wildman–Crippen LogP) is 1.18. The summed E-state index contributed by atoms with van der Waals surface area (Å²) in [4.78, 5) is 0. The highest BCUT2D eigenvalue weighted by atomic mass is 32.3. The number of hydrogen-bond donors (Lipinski definition) is 2. The van der Waals surface area contributed by atoms with Crippen LogP contribution in [0.1, 0.15) is 19.3 Å². The largest absolute Gasteiger partial charge is 0.391 e. The van der Waals surface area contributed by atoms with Gasteiger partial charge in [-0.25, -0.2) is 10.0 Å². The van der Waals surface area contributed by atoms with Gasteiger partial charge >= 0.3 is 0 Å². The van der Waals surface area contributed by atoms with Crippen LogP contribution >= 0.6 is 10.0 Å². The highest BCUT2D eigenvalue weighted by molar-refractivity contribution is 8.32. The number of aliphatic hydroxyl groups excluding tert-OH is 1. The summed E-state index contributed by atoms with van der Waals surface area (Å²) in [5.41, 5.74) is 0. The molecule has 0 aromatic heterocycles. The molecule has 0 bridgehead atoms. The van der Waals surface area contributed by atoms with Gasteiger partial charge in [-0.1, -0.05) is 6.42 Å². The lowest BCUT2D eigenvalue weighted by atomic mass is 10.0. The molecule has 0 aromatic rings. The van der Waals surface area contributed by atoms with Gasteiger partial charge < -0.3 is 10.4 Å². The molecule has 0 unspecified atom stereocenters. The SMILES string of the molecule is CS(C)(C)C[C@@H](O)[C@@H]1CCCCN1. The quantitative estimate of drug-likeness (QED) is 0.725. The van der Waals surface area contributed by atoms with Gasteiger partial charge in [0.2, 0.25) is 0 Å². The van der Waals surface area contributed by atoms with E-state index in [0.29, 0.717) is 6.04 Å². The van der Waals surface area contributed by atoms with E-state index in [4.69, 9.17) is 0 Å². The van der Waals surface area contributed by atoms with Gasteiger partial charge in [-0.05, 0) is 38.2 Å². The molecule has 0 aromatic carbocycles. The molecule has 13 heavy (non-hydrogen) atoms. The normalized spacial score (nSPS) is 28.5. The van der Waals surface area contributed by atoms with Crippen LogP contribution < -0.4 is 5.32 Å². The molecule has 1 saturated heterocycles. The van der Waals surface area contributed by atoms with Crippen molar-refractivity contribution < 1.29 is 5.11 Å². The monoisotopic (exact) mass is 205 g/mol. The van der Waals surface area contributed by atoms with Crippen molar-refractivity contribution >= 4 is 10.0 Å². The summed E-state index contributed by atoms with van der Waals surface area (Å²) in [5.74, 6) is 0.977. The van der Waals surface area contributed by atoms with Crippen LogP contribution in [-0.4, -0.2) is 48.3 Å². The molecule has 1 rings (SSSR count). The second-order valence-electron chi connectivity index (χ2n) is 4.88. The molecule has 2 nitrogen and oxygen atoms in total. The van der Waals surface area contributed by atoms with Crippen LogP contribution in [-0.2, 0) is 0 Å². The molecule has 1 heterocycles. The van der Waals surface area contributed by atoms with Crippen LogP contribution in [0.15, 0.2) is 0 Å². The van der Waals surface area contributed by atoms with Gasteiger partial charge in [-0.2, -0.15) is 0 Å². The molecule has 0 spiro atoms. The fraction of sp³-hybridized carbons (Fsp3) is 1.00. The molecular weight excluding hydrogens is 182 g/mol. The molecule has 0 amide bonds. The van der Waals surface area contributed by atoms with Crippen LogP contribution in [0, 0.1) is 0 Å². The zero-order chi connectivity index (χ0) is 9.90. The highest BCUT2D eigenvalue weighted by Crippen LogP contribution is 2.36. The van der Waals surface area contributed by atoms with E-state index in [2.05, 4.69) is 24.1 Å². The van der Waals surface area contributed by atoms with E-state index in [0.717, 1.165) is 18.7 Å². The molecule has 1 aliphatic rings. The first-order valence-electron chi connectivity index (χ1n) is 5.06. The molecule has 1 aliphatic heterocycles. The molecule has 0 radical (unpaired) electrons. The zero-order valence-corrected chi connectivity index (χ0v) is 9.86. The molecular formula is C10H23NOS. The number of rotatable bonds is 3. The van der Waals surface area contributed by atoms with Crippen LogP contribution in [0.5, 0.6) is 0 Å². The van der Waals surface area contributed by atoms with Crippen molar-refractivity contribution in [1.82, 2.24) is 5.32 Å². The Labute approximate surface area is 83.4 Å². The average molecular weight is 205 g/mol. The van der Waals surface area contributed by atoms with Crippen LogP contribution in [0.2, 0.25) is 0 Å². The molecule has 0 saturated carbocycles. The van der Waals surface area contributed by atoms with Crippen LogP contribution in [0.3, 0.4) is 0 Å². The smallest absolute Gasteiger partial charge is 0.0768 e. The Balaban J connectivity index is 2.33. The molecule has 1 fully saturated rings. The minimum Gasteiger partial charge on any atom is -0.391 e. The van der Waals surface area contributed by atoms with Gasteiger partial charge in [0.15, 0.2) is 0 Å². The summed E-state index contributed by atoms with van der Waals surface area (Å²) in [5, 5.41) is 13.4. The molecule has 3 heteroatoms. The lowest BCUT2D eigenvalue weighted by molar-refractivity contribution is 0.133. The zero-order valence-electron chi connectivity index (χ0n) is 9.05. The maximum absolute atomic E-state index is 9.97. The number of aliphatic hydroxyl groups is 1. The van der Waals surface area contributed by atoms with Crippen molar-refractivity contribution in [1.29, 1.82) is 0 Å². The van der Waals surface area contributed by atoms with Crippen molar-refractivity contribution in [3.05, 3.63) is 0 Å². The summed E-state index contributed by atoms with van der Waals surface area (Å²) in [6.07, 6.45) is 10.4. The lowest BCUT2D eigenvalue weighted by Gasteiger charge is -2.34. The van der Waals surface area contributed by atoms with E-state index in [9.17, 15) is 5.11 Å². The summed E-state index contributed by atoms with van der Waals surface area (Å²) < 4.78 is 0. The number of hydrogen-bond acceptors (Lipinski definition) is 2. The first-order chi connectivity index (χ1) is 5.99. The van der Waals surface area contributed by atoms with Crippen molar-refractivity contribution in [2.75, 3.05) is 31.1 Å². The molecule has 2 N–H and O–H groups in total. The molecule has 80 valence electrons. The maximum Gasteiger partial charge on any atom is 0.0768 e. The summed E-state index contributed by atoms with van der Waals surface area (Å²) in [6, 6.07) is 0.362. The van der Waals surface area contributed by atoms with E-state index >= 15 is 0 Å². The highest BCUT2D eigenvalue weighted by Gasteiger charge is 2.23. The van der Waals surface area contributed by atoms with Crippen molar-refractivity contribution in [3.8, 4) is 0 Å². The Morgan fingerprint density at radius 3 is 2.54 bits per heavy atom. The van der Waals surface area contributed by atoms with Crippen LogP contribution in [0.4, 0.5) is 0 Å². The van der Waals surface area contributed by atoms with Gasteiger partial charge in [0, 0.05) is 11.8 Å². The minimum atomic E-state index is -0.563. The summed E-state index contributed by atoms with van der Waals surface area (Å²) >= 11 is 0. The van der Waals surface area contributed by atoms with E-state index in [-0.39, 0.29) is 6.10 Å². The maximum atomic E-state index is 9.97. The first-order valence-corrected chi connectivity index (χ1v) is 8.09. The Bertz CT molecular complexity index is 149. The van der Waals surface area contributed by atoms with E-state index in [1.165, 1.54) is 12.8 Å². The van der Waals surface area contributed by atoms with Gasteiger partial charge in [0.1, 0.15) is 0 Å². The van der Waals surface area contributed by atoms with Crippen molar-refractivity contribution in [2.45, 2.75) is 31.4 Å². The van der Waals surface area contributed by atoms with Gasteiger partial charge in [-0.15, -0.1) is 0 Å². The summed E-state index contributed by atoms with van der Waals surface area (Å²) in [7, 11) is -0.563. The van der Waals surface area contributed by atoms with Gasteiger partial charge in [-0.3, -0.25) is 0 Å². The molecule has 2 atom stereocenters. The second kappa shape index (κ2) is 4.67. The Hall–Kier alpha value is 0.270. The third-order valence-corrected chi connectivity index (χ3v) is 3.83. The fourth-order valence-electron chi connectivity index (χ4n) is 1.84. The van der Waals surface area contributed by atoms with Gasteiger partial charge in [0.25, 0.3) is 0 Å². The molecule has 0 aliphatic carbocycles. The summed E-state index contributed by atoms with van der Waals surface area (Å²) in [6.45, 7) is 1.08. The van der Waals surface area contributed by atoms with E-state index in [1.807, 2.05) is 0 Å². The standard InChI is InChI=1S/C10H23NOS/c1-13(2,3)8-10(12)9-6-4-5-7-11-9/h9-12H,4-8H2,1-3H3/t9-,10+/m0/s1. The third kappa shape index (κ3) is 4.34. The number of nitrogens with one attached hydrogen (secondary N) is 1. The average Bonchev–Trinajstić information content (AvgIpc) is 2.03. The van der Waals surface area contributed by atoms with E-state index in [1.54, 1.807) is 0 Å². The number of piperidine rings is 1.